The molecule has 7 heteroatoms. The van der Waals surface area contributed by atoms with E-state index in [0.29, 0.717) is 22.3 Å². The van der Waals surface area contributed by atoms with Crippen LogP contribution in [0.5, 0.6) is 0 Å². The first-order valence-corrected chi connectivity index (χ1v) is 11.0. The van der Waals surface area contributed by atoms with E-state index in [2.05, 4.69) is 30.7 Å². The lowest BCUT2D eigenvalue weighted by Crippen LogP contribution is -2.37. The summed E-state index contributed by atoms with van der Waals surface area (Å²) in [6, 6.07) is 5.79. The average molecular weight is 412 g/mol. The largest absolute Gasteiger partial charge is 0.335 e. The van der Waals surface area contributed by atoms with Crippen molar-refractivity contribution < 1.29 is 14.4 Å². The highest BCUT2D eigenvalue weighted by Crippen LogP contribution is 2.52. The fraction of sp³-hybridized carbons (Fsp3) is 0.545. The van der Waals surface area contributed by atoms with Crippen molar-refractivity contribution in [1.29, 1.82) is 0 Å². The highest BCUT2D eigenvalue weighted by molar-refractivity contribution is 7.22. The summed E-state index contributed by atoms with van der Waals surface area (Å²) >= 11 is 1.30. The molecule has 0 unspecified atom stereocenters. The third-order valence-electron chi connectivity index (χ3n) is 6.54. The Balaban J connectivity index is 1.44. The normalized spacial score (nSPS) is 28.6. The average Bonchev–Trinajstić information content (AvgIpc) is 3.26. The zero-order valence-electron chi connectivity index (χ0n) is 17.0. The van der Waals surface area contributed by atoms with E-state index in [1.54, 1.807) is 0 Å². The van der Waals surface area contributed by atoms with Crippen LogP contribution in [0.4, 0.5) is 5.13 Å². The molecule has 0 N–H and O–H groups in total. The molecule has 5 rings (SSSR count). The predicted molar refractivity (Wildman–Crippen MR) is 112 cm³/mol. The van der Waals surface area contributed by atoms with Crippen LogP contribution in [-0.4, -0.2) is 40.2 Å². The van der Waals surface area contributed by atoms with E-state index < -0.39 is 0 Å². The molecule has 0 spiro atoms. The Morgan fingerprint density at radius 3 is 2.59 bits per heavy atom. The number of thiazole rings is 1. The second-order valence-corrected chi connectivity index (χ2v) is 11.0. The van der Waals surface area contributed by atoms with Crippen molar-refractivity contribution in [3.63, 3.8) is 0 Å². The molecular formula is C22H25N3O3S. The summed E-state index contributed by atoms with van der Waals surface area (Å²) in [4.78, 5) is 45.1. The molecule has 0 radical (unpaired) electrons. The molecule has 2 bridgehead atoms. The topological polar surface area (TPSA) is 70.6 Å². The summed E-state index contributed by atoms with van der Waals surface area (Å²) in [5.41, 5.74) is 1.82. The summed E-state index contributed by atoms with van der Waals surface area (Å²) in [6.45, 7) is 7.72. The van der Waals surface area contributed by atoms with Gasteiger partial charge in [-0.25, -0.2) is 9.88 Å². The van der Waals surface area contributed by atoms with Crippen molar-refractivity contribution in [1.82, 2.24) is 9.88 Å². The van der Waals surface area contributed by atoms with Crippen molar-refractivity contribution in [2.45, 2.75) is 58.9 Å². The number of fused-ring (bicyclic) bond motifs is 3. The Kier molecular flexibility index (Phi) is 3.95. The van der Waals surface area contributed by atoms with Crippen LogP contribution in [0.15, 0.2) is 18.2 Å². The van der Waals surface area contributed by atoms with E-state index >= 15 is 0 Å². The number of likely N-dealkylation sites (tertiary alicyclic amines) is 1. The minimum absolute atomic E-state index is 0.0709. The molecule has 2 aliphatic heterocycles. The molecular weight excluding hydrogens is 386 g/mol. The molecule has 6 nitrogen and oxygen atoms in total. The van der Waals surface area contributed by atoms with Gasteiger partial charge in [-0.2, -0.15) is 0 Å². The number of carbonyl (C=O) groups excluding carboxylic acids is 3. The molecule has 1 saturated carbocycles. The van der Waals surface area contributed by atoms with Gasteiger partial charge < -0.3 is 4.90 Å². The number of carbonyl (C=O) groups is 3. The van der Waals surface area contributed by atoms with Crippen LogP contribution < -0.4 is 4.90 Å². The SMILES string of the molecule is CC1(C)C[C@@H]2C[C@](C)(CN2C(=O)c2ccc3nc(N4C(=O)CCC4=O)sc3c2)C1. The summed E-state index contributed by atoms with van der Waals surface area (Å²) in [6.07, 6.45) is 3.75. The van der Waals surface area contributed by atoms with Gasteiger partial charge in [-0.3, -0.25) is 14.4 Å². The number of amides is 3. The first-order valence-electron chi connectivity index (χ1n) is 10.2. The number of hydrogen-bond donors (Lipinski definition) is 0. The maximum atomic E-state index is 13.3. The fourth-order valence-electron chi connectivity index (χ4n) is 5.79. The summed E-state index contributed by atoms with van der Waals surface area (Å²) in [7, 11) is 0. The van der Waals surface area contributed by atoms with E-state index in [1.165, 1.54) is 16.2 Å². The maximum absolute atomic E-state index is 13.3. The predicted octanol–water partition coefficient (Wildman–Crippen LogP) is 3.99. The molecule has 152 valence electrons. The third kappa shape index (κ3) is 3.06. The van der Waals surface area contributed by atoms with E-state index in [9.17, 15) is 14.4 Å². The van der Waals surface area contributed by atoms with Gasteiger partial charge in [-0.1, -0.05) is 32.1 Å². The Hall–Kier alpha value is -2.28. The Bertz CT molecular complexity index is 1040. The standard InChI is InChI=1S/C22H25N3O3S/c1-21(2)9-14-10-22(3,11-21)12-24(14)19(28)13-4-5-15-16(8-13)29-20(23-15)25-17(26)6-7-18(25)27/h4-5,8,14H,6-7,9-12H2,1-3H3/t14-,22+/m1/s1. The second kappa shape index (κ2) is 6.11. The van der Waals surface area contributed by atoms with Crippen molar-refractivity contribution in [2.24, 2.45) is 10.8 Å². The molecule has 1 aromatic carbocycles. The molecule has 2 saturated heterocycles. The van der Waals surface area contributed by atoms with E-state index in [4.69, 9.17) is 0 Å². The van der Waals surface area contributed by atoms with Gasteiger partial charge >= 0.3 is 0 Å². The second-order valence-electron chi connectivity index (χ2n) is 9.95. The van der Waals surface area contributed by atoms with Gasteiger partial charge in [0, 0.05) is 31.0 Å². The molecule has 3 heterocycles. The Morgan fingerprint density at radius 2 is 1.86 bits per heavy atom. The van der Waals surface area contributed by atoms with Gasteiger partial charge in [0.15, 0.2) is 5.13 Å². The summed E-state index contributed by atoms with van der Waals surface area (Å²) in [5, 5.41) is 0.406. The van der Waals surface area contributed by atoms with Crippen molar-refractivity contribution in [3.05, 3.63) is 23.8 Å². The lowest BCUT2D eigenvalue weighted by atomic mass is 9.65. The van der Waals surface area contributed by atoms with E-state index in [0.717, 1.165) is 30.5 Å². The summed E-state index contributed by atoms with van der Waals surface area (Å²) < 4.78 is 0.826. The monoisotopic (exact) mass is 411 g/mol. The summed E-state index contributed by atoms with van der Waals surface area (Å²) in [5.74, 6) is -0.335. The molecule has 3 fully saturated rings. The zero-order chi connectivity index (χ0) is 20.6. The minimum Gasteiger partial charge on any atom is -0.335 e. The number of anilines is 1. The maximum Gasteiger partial charge on any atom is 0.254 e. The first kappa shape index (κ1) is 18.7. The molecule has 1 aliphatic carbocycles. The number of nitrogens with zero attached hydrogens (tertiary/aromatic N) is 3. The number of aromatic nitrogens is 1. The quantitative estimate of drug-likeness (QED) is 0.701. The van der Waals surface area contributed by atoms with Gasteiger partial charge in [0.1, 0.15) is 0 Å². The number of hydrogen-bond acceptors (Lipinski definition) is 5. The lowest BCUT2D eigenvalue weighted by Gasteiger charge is -2.39. The number of rotatable bonds is 2. The Morgan fingerprint density at radius 1 is 1.14 bits per heavy atom. The van der Waals surface area contributed by atoms with Crippen molar-refractivity contribution in [3.8, 4) is 0 Å². The van der Waals surface area contributed by atoms with Crippen LogP contribution in [0.1, 0.15) is 63.2 Å². The molecule has 3 amide bonds. The highest BCUT2D eigenvalue weighted by Gasteiger charge is 2.51. The van der Waals surface area contributed by atoms with Crippen LogP contribution in [0, 0.1) is 10.8 Å². The Labute approximate surface area is 173 Å². The molecule has 2 aromatic rings. The van der Waals surface area contributed by atoms with Crippen LogP contribution in [0.25, 0.3) is 10.2 Å². The number of imide groups is 1. The first-order chi connectivity index (χ1) is 13.6. The number of benzene rings is 1. The van der Waals surface area contributed by atoms with E-state index in [1.807, 2.05) is 18.2 Å². The van der Waals surface area contributed by atoms with E-state index in [-0.39, 0.29) is 41.4 Å². The smallest absolute Gasteiger partial charge is 0.254 e. The van der Waals surface area contributed by atoms with Crippen LogP contribution in [-0.2, 0) is 9.59 Å². The zero-order valence-corrected chi connectivity index (χ0v) is 17.8. The lowest BCUT2D eigenvalue weighted by molar-refractivity contribution is -0.121. The van der Waals surface area contributed by atoms with Crippen LogP contribution in [0.3, 0.4) is 0 Å². The van der Waals surface area contributed by atoms with Gasteiger partial charge in [0.2, 0.25) is 11.8 Å². The highest BCUT2D eigenvalue weighted by atomic mass is 32.1. The molecule has 1 aromatic heterocycles. The van der Waals surface area contributed by atoms with Crippen molar-refractivity contribution in [2.75, 3.05) is 11.4 Å². The minimum atomic E-state index is -0.203. The van der Waals surface area contributed by atoms with Crippen LogP contribution in [0.2, 0.25) is 0 Å². The van der Waals surface area contributed by atoms with Gasteiger partial charge in [-0.05, 0) is 48.3 Å². The molecule has 29 heavy (non-hydrogen) atoms. The van der Waals surface area contributed by atoms with Crippen LogP contribution >= 0.6 is 11.3 Å². The fourth-order valence-corrected chi connectivity index (χ4v) is 6.83. The van der Waals surface area contributed by atoms with Crippen molar-refractivity contribution >= 4 is 44.4 Å². The molecule has 3 aliphatic rings. The molecule has 2 atom stereocenters. The van der Waals surface area contributed by atoms with Gasteiger partial charge in [0.25, 0.3) is 5.91 Å². The third-order valence-corrected chi connectivity index (χ3v) is 7.55. The van der Waals surface area contributed by atoms with Gasteiger partial charge in [0.05, 0.1) is 10.2 Å². The van der Waals surface area contributed by atoms with Gasteiger partial charge in [-0.15, -0.1) is 0 Å².